The number of halogens is 6. The first-order chi connectivity index (χ1) is 10.4. The van der Waals surface area contributed by atoms with Gasteiger partial charge < -0.3 is 15.9 Å². The van der Waals surface area contributed by atoms with Crippen LogP contribution >= 0.6 is 0 Å². The maximum absolute atomic E-state index is 12.8. The first kappa shape index (κ1) is 19.2. The van der Waals surface area contributed by atoms with Gasteiger partial charge in [0.05, 0.1) is 12.0 Å². The predicted molar refractivity (Wildman–Crippen MR) is 66.5 cm³/mol. The molecule has 2 atom stereocenters. The summed E-state index contributed by atoms with van der Waals surface area (Å²) in [5.41, 5.74) is -0.946. The molecule has 1 aromatic rings. The Morgan fingerprint density at radius 1 is 1.17 bits per heavy atom. The van der Waals surface area contributed by atoms with Crippen molar-refractivity contribution in [3.8, 4) is 0 Å². The number of aliphatic hydroxyl groups is 1. The van der Waals surface area contributed by atoms with E-state index < -0.39 is 60.0 Å². The number of nitrogens with two attached hydrogens (primary N) is 1. The van der Waals surface area contributed by atoms with Gasteiger partial charge in [0.1, 0.15) is 6.67 Å². The van der Waals surface area contributed by atoms with E-state index >= 15 is 0 Å². The van der Waals surface area contributed by atoms with Gasteiger partial charge in [-0.2, -0.15) is 13.2 Å². The SMILES string of the molecule is N[C@@H](CC(=O)O)c1cc(C(F)(F)F)cc(C(O)(CF)C(F)F)c1. The van der Waals surface area contributed by atoms with Crippen LogP contribution in [0.4, 0.5) is 26.3 Å². The molecule has 0 aliphatic rings. The van der Waals surface area contributed by atoms with E-state index in [-0.39, 0.29) is 6.07 Å². The van der Waals surface area contributed by atoms with Gasteiger partial charge in [0.25, 0.3) is 6.43 Å². The predicted octanol–water partition coefficient (Wildman–Crippen LogP) is 2.60. The Labute approximate surface area is 126 Å². The molecule has 10 heteroatoms. The van der Waals surface area contributed by atoms with Crippen LogP contribution in [0.3, 0.4) is 0 Å². The van der Waals surface area contributed by atoms with E-state index in [4.69, 9.17) is 10.8 Å². The molecule has 1 rings (SSSR count). The number of alkyl halides is 6. The summed E-state index contributed by atoms with van der Waals surface area (Å²) in [7, 11) is 0. The van der Waals surface area contributed by atoms with E-state index in [2.05, 4.69) is 0 Å². The van der Waals surface area contributed by atoms with Gasteiger partial charge in [-0.25, -0.2) is 13.2 Å². The number of carboxylic acids is 1. The highest BCUT2D eigenvalue weighted by Gasteiger charge is 2.42. The van der Waals surface area contributed by atoms with Crippen molar-refractivity contribution in [3.63, 3.8) is 0 Å². The summed E-state index contributed by atoms with van der Waals surface area (Å²) in [6.07, 6.45) is -9.45. The van der Waals surface area contributed by atoms with Gasteiger partial charge in [-0.3, -0.25) is 4.79 Å². The van der Waals surface area contributed by atoms with Crippen molar-refractivity contribution in [2.24, 2.45) is 5.73 Å². The number of hydrogen-bond donors (Lipinski definition) is 3. The molecule has 1 unspecified atom stereocenters. The number of aliphatic carboxylic acids is 1. The number of rotatable bonds is 6. The second-order valence-electron chi connectivity index (χ2n) is 4.90. The molecule has 4 nitrogen and oxygen atoms in total. The van der Waals surface area contributed by atoms with Crippen molar-refractivity contribution < 1.29 is 41.4 Å². The fourth-order valence-corrected chi connectivity index (χ4v) is 1.85. The molecule has 0 aliphatic carbocycles. The molecule has 0 aliphatic heterocycles. The molecule has 0 saturated heterocycles. The van der Waals surface area contributed by atoms with Crippen molar-refractivity contribution >= 4 is 5.97 Å². The molecular weight excluding hydrogens is 332 g/mol. The quantitative estimate of drug-likeness (QED) is 0.692. The zero-order valence-electron chi connectivity index (χ0n) is 11.4. The Kier molecular flexibility index (Phi) is 5.65. The fourth-order valence-electron chi connectivity index (χ4n) is 1.85. The fraction of sp³-hybridized carbons (Fsp3) is 0.462. The summed E-state index contributed by atoms with van der Waals surface area (Å²) in [6.45, 7) is -2.03. The van der Waals surface area contributed by atoms with Gasteiger partial charge in [0, 0.05) is 6.04 Å². The molecule has 0 heterocycles. The molecule has 0 spiro atoms. The Balaban J connectivity index is 3.50. The smallest absolute Gasteiger partial charge is 0.416 e. The Hall–Kier alpha value is -1.81. The number of carboxylic acid groups (broad SMARTS) is 1. The number of carbonyl (C=O) groups is 1. The monoisotopic (exact) mass is 345 g/mol. The van der Waals surface area contributed by atoms with Crippen molar-refractivity contribution in [2.75, 3.05) is 6.67 Å². The highest BCUT2D eigenvalue weighted by molar-refractivity contribution is 5.68. The van der Waals surface area contributed by atoms with Crippen molar-refractivity contribution in [3.05, 3.63) is 34.9 Å². The number of hydrogen-bond acceptors (Lipinski definition) is 3. The minimum Gasteiger partial charge on any atom is -0.481 e. The summed E-state index contributed by atoms with van der Waals surface area (Å²) < 4.78 is 77.0. The zero-order valence-corrected chi connectivity index (χ0v) is 11.4. The van der Waals surface area contributed by atoms with E-state index in [1.165, 1.54) is 0 Å². The largest absolute Gasteiger partial charge is 0.481 e. The maximum atomic E-state index is 12.8. The highest BCUT2D eigenvalue weighted by atomic mass is 19.4. The molecule has 4 N–H and O–H groups in total. The minimum atomic E-state index is -4.98. The Morgan fingerprint density at radius 3 is 2.09 bits per heavy atom. The van der Waals surface area contributed by atoms with Crippen molar-refractivity contribution in [2.45, 2.75) is 30.7 Å². The zero-order chi connectivity index (χ0) is 18.0. The van der Waals surface area contributed by atoms with Crippen LogP contribution in [0.15, 0.2) is 18.2 Å². The van der Waals surface area contributed by atoms with Gasteiger partial charge in [0.15, 0.2) is 5.60 Å². The second-order valence-corrected chi connectivity index (χ2v) is 4.90. The van der Waals surface area contributed by atoms with Crippen LogP contribution in [-0.2, 0) is 16.6 Å². The van der Waals surface area contributed by atoms with Crippen LogP contribution < -0.4 is 5.73 Å². The lowest BCUT2D eigenvalue weighted by Crippen LogP contribution is -2.37. The van der Waals surface area contributed by atoms with Crippen LogP contribution in [0, 0.1) is 0 Å². The van der Waals surface area contributed by atoms with Gasteiger partial charge in [-0.05, 0) is 23.3 Å². The van der Waals surface area contributed by atoms with Gasteiger partial charge in [-0.1, -0.05) is 6.07 Å². The average Bonchev–Trinajstić information content (AvgIpc) is 2.43. The van der Waals surface area contributed by atoms with Gasteiger partial charge in [-0.15, -0.1) is 0 Å². The third-order valence-corrected chi connectivity index (χ3v) is 3.17. The van der Waals surface area contributed by atoms with Crippen LogP contribution in [0.1, 0.15) is 29.2 Å². The maximum Gasteiger partial charge on any atom is 0.416 e. The van der Waals surface area contributed by atoms with Crippen LogP contribution in [0.2, 0.25) is 0 Å². The second kappa shape index (κ2) is 6.75. The molecule has 0 saturated carbocycles. The molecule has 23 heavy (non-hydrogen) atoms. The molecule has 0 bridgehead atoms. The topological polar surface area (TPSA) is 83.6 Å². The summed E-state index contributed by atoms with van der Waals surface area (Å²) in [4.78, 5) is 10.6. The first-order valence-corrected chi connectivity index (χ1v) is 6.18. The first-order valence-electron chi connectivity index (χ1n) is 6.18. The molecular formula is C13H13F6NO3. The Bertz CT molecular complexity index is 577. The van der Waals surface area contributed by atoms with E-state index in [1.807, 2.05) is 0 Å². The summed E-state index contributed by atoms with van der Waals surface area (Å²) in [5.74, 6) is -1.42. The molecule has 0 amide bonds. The molecule has 0 aromatic heterocycles. The third kappa shape index (κ3) is 4.35. The molecule has 130 valence electrons. The molecule has 1 aromatic carbocycles. The average molecular weight is 345 g/mol. The minimum absolute atomic E-state index is 0.183. The van der Waals surface area contributed by atoms with E-state index in [0.717, 1.165) is 0 Å². The standard InChI is InChI=1S/C13H13F6NO3/c14-5-12(23,11(15)16)7-1-6(9(20)4-10(21)22)2-8(3-7)13(17,18)19/h1-3,9,11,23H,4-5,20H2,(H,21,22)/t9-,12?/m0/s1. The van der Waals surface area contributed by atoms with Crippen molar-refractivity contribution in [1.29, 1.82) is 0 Å². The lowest BCUT2D eigenvalue weighted by atomic mass is 9.89. The summed E-state index contributed by atoms with van der Waals surface area (Å²) in [6, 6.07) is -0.145. The van der Waals surface area contributed by atoms with E-state index in [1.54, 1.807) is 0 Å². The lowest BCUT2D eigenvalue weighted by molar-refractivity contribution is -0.138. The normalized spacial score (nSPS) is 16.2. The molecule has 0 radical (unpaired) electrons. The van der Waals surface area contributed by atoms with Crippen molar-refractivity contribution in [1.82, 2.24) is 0 Å². The van der Waals surface area contributed by atoms with Crippen LogP contribution in [-0.4, -0.2) is 29.3 Å². The van der Waals surface area contributed by atoms with Gasteiger partial charge >= 0.3 is 12.1 Å². The van der Waals surface area contributed by atoms with Crippen LogP contribution in [0.25, 0.3) is 0 Å². The summed E-state index contributed by atoms with van der Waals surface area (Å²) in [5, 5.41) is 18.2. The lowest BCUT2D eigenvalue weighted by Gasteiger charge is -2.26. The summed E-state index contributed by atoms with van der Waals surface area (Å²) >= 11 is 0. The Morgan fingerprint density at radius 2 is 1.70 bits per heavy atom. The van der Waals surface area contributed by atoms with E-state index in [9.17, 15) is 36.2 Å². The molecule has 0 fully saturated rings. The number of benzene rings is 1. The highest BCUT2D eigenvalue weighted by Crippen LogP contribution is 2.37. The van der Waals surface area contributed by atoms with E-state index in [0.29, 0.717) is 12.1 Å². The third-order valence-electron chi connectivity index (χ3n) is 3.17. The van der Waals surface area contributed by atoms with Gasteiger partial charge in [0.2, 0.25) is 0 Å². The van der Waals surface area contributed by atoms with Crippen LogP contribution in [0.5, 0.6) is 0 Å².